The van der Waals surface area contributed by atoms with E-state index in [-0.39, 0.29) is 23.5 Å². The fraction of sp³-hybridized carbons (Fsp3) is 0.562. The van der Waals surface area contributed by atoms with E-state index in [1.165, 1.54) is 0 Å². The molecule has 0 radical (unpaired) electrons. The Balaban J connectivity index is 1.53. The van der Waals surface area contributed by atoms with Crippen molar-refractivity contribution < 1.29 is 17.9 Å². The Morgan fingerprint density at radius 2 is 2.17 bits per heavy atom. The summed E-state index contributed by atoms with van der Waals surface area (Å²) in [6.07, 6.45) is 1.34. The van der Waals surface area contributed by atoms with Crippen LogP contribution in [0.2, 0.25) is 0 Å². The molecule has 2 amide bonds. The van der Waals surface area contributed by atoms with Crippen LogP contribution in [0.25, 0.3) is 0 Å². The van der Waals surface area contributed by atoms with Crippen LogP contribution < -0.4 is 15.4 Å². The van der Waals surface area contributed by atoms with Gasteiger partial charge in [0.15, 0.2) is 9.84 Å². The number of aryl methyl sites for hydroxylation is 1. The van der Waals surface area contributed by atoms with Crippen LogP contribution in [0, 0.1) is 12.8 Å². The van der Waals surface area contributed by atoms with E-state index in [9.17, 15) is 13.2 Å². The van der Waals surface area contributed by atoms with E-state index in [1.54, 1.807) is 0 Å². The van der Waals surface area contributed by atoms with E-state index < -0.39 is 9.84 Å². The second kappa shape index (κ2) is 8.19. The highest BCUT2D eigenvalue weighted by atomic mass is 32.2. The fourth-order valence-electron chi connectivity index (χ4n) is 2.50. The third-order valence-corrected chi connectivity index (χ3v) is 5.58. The Morgan fingerprint density at radius 1 is 1.35 bits per heavy atom. The molecule has 128 valence electrons. The van der Waals surface area contributed by atoms with Gasteiger partial charge in [-0.05, 0) is 43.4 Å². The van der Waals surface area contributed by atoms with E-state index in [2.05, 4.69) is 10.6 Å². The number of ether oxygens (including phenoxy) is 1. The topological polar surface area (TPSA) is 84.5 Å². The number of benzene rings is 1. The summed E-state index contributed by atoms with van der Waals surface area (Å²) < 4.78 is 28.2. The summed E-state index contributed by atoms with van der Waals surface area (Å²) in [4.78, 5) is 11.6. The predicted octanol–water partition coefficient (Wildman–Crippen LogP) is 1.50. The molecule has 0 saturated carbocycles. The van der Waals surface area contributed by atoms with Crippen LogP contribution in [-0.2, 0) is 9.84 Å². The molecule has 0 aliphatic carbocycles. The second-order valence-electron chi connectivity index (χ2n) is 5.92. The average molecular weight is 340 g/mol. The number of sulfone groups is 1. The lowest BCUT2D eigenvalue weighted by molar-refractivity contribution is 0.237. The molecule has 6 nitrogen and oxygen atoms in total. The van der Waals surface area contributed by atoms with Crippen molar-refractivity contribution in [1.29, 1.82) is 0 Å². The van der Waals surface area contributed by atoms with Crippen molar-refractivity contribution >= 4 is 15.9 Å². The van der Waals surface area contributed by atoms with E-state index in [0.717, 1.165) is 11.3 Å². The molecule has 0 spiro atoms. The maximum absolute atomic E-state index is 11.6. The van der Waals surface area contributed by atoms with Crippen molar-refractivity contribution in [3.8, 4) is 5.75 Å². The van der Waals surface area contributed by atoms with Gasteiger partial charge in [0.05, 0.1) is 18.1 Å². The number of amides is 2. The fourth-order valence-corrected chi connectivity index (χ4v) is 4.36. The third kappa shape index (κ3) is 6.48. The van der Waals surface area contributed by atoms with Gasteiger partial charge in [-0.25, -0.2) is 13.2 Å². The minimum atomic E-state index is -2.89. The summed E-state index contributed by atoms with van der Waals surface area (Å²) in [7, 11) is -2.89. The number of hydrogen-bond donors (Lipinski definition) is 2. The lowest BCUT2D eigenvalue weighted by Gasteiger charge is -2.11. The van der Waals surface area contributed by atoms with Crippen LogP contribution in [0.3, 0.4) is 0 Å². The van der Waals surface area contributed by atoms with Crippen LogP contribution in [-0.4, -0.2) is 45.7 Å². The molecule has 0 bridgehead atoms. The van der Waals surface area contributed by atoms with Gasteiger partial charge < -0.3 is 15.4 Å². The van der Waals surface area contributed by atoms with Crippen molar-refractivity contribution in [3.05, 3.63) is 29.8 Å². The standard InChI is InChI=1S/C16H24N2O4S/c1-13-4-2-5-15(10-13)22-8-3-7-17-16(19)18-11-14-6-9-23(20,21)12-14/h2,4-5,10,14H,3,6-9,11-12H2,1H3,(H2,17,18,19). The zero-order chi connectivity index (χ0) is 16.7. The molecule has 1 aromatic rings. The summed E-state index contributed by atoms with van der Waals surface area (Å²) in [6, 6.07) is 7.57. The molecule has 1 aliphatic rings. The molecule has 7 heteroatoms. The van der Waals surface area contributed by atoms with Crippen LogP contribution in [0.4, 0.5) is 4.79 Å². The highest BCUT2D eigenvalue weighted by molar-refractivity contribution is 7.91. The van der Waals surface area contributed by atoms with Crippen LogP contribution >= 0.6 is 0 Å². The second-order valence-corrected chi connectivity index (χ2v) is 8.15. The molecule has 2 N–H and O–H groups in total. The number of carbonyl (C=O) groups excluding carboxylic acids is 1. The first kappa shape index (κ1) is 17.6. The van der Waals surface area contributed by atoms with Gasteiger partial charge in [0.25, 0.3) is 0 Å². The highest BCUT2D eigenvalue weighted by Crippen LogP contribution is 2.17. The molecule has 1 heterocycles. The van der Waals surface area contributed by atoms with Crippen molar-refractivity contribution in [2.75, 3.05) is 31.2 Å². The van der Waals surface area contributed by atoms with Gasteiger partial charge in [0, 0.05) is 13.1 Å². The number of carbonyl (C=O) groups is 1. The van der Waals surface area contributed by atoms with Gasteiger partial charge in [-0.15, -0.1) is 0 Å². The molecule has 1 saturated heterocycles. The molecule has 0 aromatic heterocycles. The van der Waals surface area contributed by atoms with Crippen molar-refractivity contribution in [1.82, 2.24) is 10.6 Å². The molecular formula is C16H24N2O4S. The first-order chi connectivity index (χ1) is 10.9. The Kier molecular flexibility index (Phi) is 6.27. The largest absolute Gasteiger partial charge is 0.494 e. The summed E-state index contributed by atoms with van der Waals surface area (Å²) in [5.41, 5.74) is 1.15. The zero-order valence-electron chi connectivity index (χ0n) is 13.4. The number of rotatable bonds is 7. The van der Waals surface area contributed by atoms with E-state index in [1.807, 2.05) is 31.2 Å². The Morgan fingerprint density at radius 3 is 2.87 bits per heavy atom. The Bertz CT molecular complexity index is 631. The van der Waals surface area contributed by atoms with E-state index in [0.29, 0.717) is 32.5 Å². The van der Waals surface area contributed by atoms with Crippen LogP contribution in [0.1, 0.15) is 18.4 Å². The summed E-state index contributed by atoms with van der Waals surface area (Å²) in [5.74, 6) is 1.28. The smallest absolute Gasteiger partial charge is 0.314 e. The molecule has 23 heavy (non-hydrogen) atoms. The maximum Gasteiger partial charge on any atom is 0.314 e. The summed E-state index contributed by atoms with van der Waals surface area (Å²) >= 11 is 0. The first-order valence-corrected chi connectivity index (χ1v) is 9.68. The number of urea groups is 1. The molecular weight excluding hydrogens is 316 g/mol. The van der Waals surface area contributed by atoms with Gasteiger partial charge in [-0.1, -0.05) is 12.1 Å². The molecule has 1 fully saturated rings. The summed E-state index contributed by atoms with van der Waals surface area (Å²) in [6.45, 7) is 3.46. The van der Waals surface area contributed by atoms with Crippen molar-refractivity contribution in [2.24, 2.45) is 5.92 Å². The molecule has 1 unspecified atom stereocenters. The number of hydrogen-bond acceptors (Lipinski definition) is 4. The van der Waals surface area contributed by atoms with Crippen LogP contribution in [0.5, 0.6) is 5.75 Å². The van der Waals surface area contributed by atoms with Gasteiger partial charge in [-0.2, -0.15) is 0 Å². The van der Waals surface area contributed by atoms with Gasteiger partial charge >= 0.3 is 6.03 Å². The van der Waals surface area contributed by atoms with Crippen molar-refractivity contribution in [3.63, 3.8) is 0 Å². The lowest BCUT2D eigenvalue weighted by Crippen LogP contribution is -2.39. The third-order valence-electron chi connectivity index (χ3n) is 3.74. The van der Waals surface area contributed by atoms with Gasteiger partial charge in [0.1, 0.15) is 5.75 Å². The monoisotopic (exact) mass is 340 g/mol. The molecule has 1 aromatic carbocycles. The first-order valence-electron chi connectivity index (χ1n) is 7.86. The maximum atomic E-state index is 11.6. The average Bonchev–Trinajstić information content (AvgIpc) is 2.84. The highest BCUT2D eigenvalue weighted by Gasteiger charge is 2.27. The Hall–Kier alpha value is -1.76. The lowest BCUT2D eigenvalue weighted by atomic mass is 10.1. The van der Waals surface area contributed by atoms with Gasteiger partial charge in [-0.3, -0.25) is 0 Å². The summed E-state index contributed by atoms with van der Waals surface area (Å²) in [5, 5.41) is 5.47. The van der Waals surface area contributed by atoms with Crippen molar-refractivity contribution in [2.45, 2.75) is 19.8 Å². The van der Waals surface area contributed by atoms with Gasteiger partial charge in [0.2, 0.25) is 0 Å². The van der Waals surface area contributed by atoms with E-state index in [4.69, 9.17) is 4.74 Å². The molecule has 1 atom stereocenters. The predicted molar refractivity (Wildman–Crippen MR) is 89.5 cm³/mol. The minimum absolute atomic E-state index is 0.0374. The SMILES string of the molecule is Cc1cccc(OCCCNC(=O)NCC2CCS(=O)(=O)C2)c1. The normalized spacial score (nSPS) is 19.3. The quantitative estimate of drug-likeness (QED) is 0.737. The Labute approximate surface area is 137 Å². The minimum Gasteiger partial charge on any atom is -0.494 e. The number of nitrogens with one attached hydrogen (secondary N) is 2. The van der Waals surface area contributed by atoms with E-state index >= 15 is 0 Å². The van der Waals surface area contributed by atoms with Crippen LogP contribution in [0.15, 0.2) is 24.3 Å². The zero-order valence-corrected chi connectivity index (χ0v) is 14.2. The molecule has 2 rings (SSSR count). The molecule has 1 aliphatic heterocycles.